The average Bonchev–Trinajstić information content (AvgIpc) is 2.42. The zero-order valence-electron chi connectivity index (χ0n) is 11.0. The van der Waals surface area contributed by atoms with Gasteiger partial charge in [-0.05, 0) is 36.8 Å². The number of phenols is 2. The number of carbonyl (C=O) groups excluding carboxylic acids is 1. The fraction of sp³-hybridized carbons (Fsp3) is 0.133. The lowest BCUT2D eigenvalue weighted by atomic mass is 10.1. The number of nitrogens with one attached hydrogen (secondary N) is 1. The van der Waals surface area contributed by atoms with Crippen molar-refractivity contribution in [2.24, 2.45) is 0 Å². The van der Waals surface area contributed by atoms with Crippen molar-refractivity contribution < 1.29 is 15.0 Å². The summed E-state index contributed by atoms with van der Waals surface area (Å²) < 4.78 is 0. The van der Waals surface area contributed by atoms with Crippen molar-refractivity contribution in [3.63, 3.8) is 0 Å². The molecular weight excluding hydrogens is 256 g/mol. The summed E-state index contributed by atoms with van der Waals surface area (Å²) in [6.07, 6.45) is 0. The van der Waals surface area contributed by atoms with E-state index in [1.165, 1.54) is 18.2 Å². The summed E-state index contributed by atoms with van der Waals surface area (Å²) in [5, 5.41) is 21.4. The standard InChI is InChI=1S/C15H16N2O3/c1-9(11-4-2-3-5-12(11)16)17-15(20)10-6-7-13(18)14(19)8-10/h2-9,18-19H,16H2,1H3,(H,17,20). The molecule has 0 radical (unpaired) electrons. The van der Waals surface area contributed by atoms with E-state index in [1.54, 1.807) is 6.07 Å². The Bertz CT molecular complexity index is 641. The summed E-state index contributed by atoms with van der Waals surface area (Å²) in [7, 11) is 0. The van der Waals surface area contributed by atoms with E-state index in [0.29, 0.717) is 5.69 Å². The van der Waals surface area contributed by atoms with Crippen LogP contribution in [-0.2, 0) is 0 Å². The lowest BCUT2D eigenvalue weighted by Gasteiger charge is -2.16. The Balaban J connectivity index is 2.15. The van der Waals surface area contributed by atoms with Gasteiger partial charge in [0.25, 0.3) is 5.91 Å². The Morgan fingerprint density at radius 1 is 1.15 bits per heavy atom. The predicted molar refractivity (Wildman–Crippen MR) is 76.5 cm³/mol. The molecule has 0 spiro atoms. The van der Waals surface area contributed by atoms with Gasteiger partial charge in [-0.3, -0.25) is 4.79 Å². The second kappa shape index (κ2) is 5.52. The van der Waals surface area contributed by atoms with Crippen molar-refractivity contribution in [3.05, 3.63) is 53.6 Å². The van der Waals surface area contributed by atoms with Gasteiger partial charge in [0.1, 0.15) is 0 Å². The molecule has 5 heteroatoms. The maximum absolute atomic E-state index is 12.1. The molecule has 0 aliphatic carbocycles. The number of amides is 1. The molecule has 0 saturated carbocycles. The van der Waals surface area contributed by atoms with Crippen LogP contribution in [0.2, 0.25) is 0 Å². The molecule has 5 N–H and O–H groups in total. The average molecular weight is 272 g/mol. The molecule has 0 bridgehead atoms. The molecule has 0 aromatic heterocycles. The van der Waals surface area contributed by atoms with Gasteiger partial charge in [-0.15, -0.1) is 0 Å². The molecule has 0 saturated heterocycles. The van der Waals surface area contributed by atoms with E-state index in [2.05, 4.69) is 5.32 Å². The van der Waals surface area contributed by atoms with Gasteiger partial charge in [0, 0.05) is 11.3 Å². The van der Waals surface area contributed by atoms with Crippen LogP contribution in [0, 0.1) is 0 Å². The highest BCUT2D eigenvalue weighted by atomic mass is 16.3. The van der Waals surface area contributed by atoms with Gasteiger partial charge in [-0.1, -0.05) is 18.2 Å². The first kappa shape index (κ1) is 13.7. The van der Waals surface area contributed by atoms with E-state index in [9.17, 15) is 15.0 Å². The zero-order valence-corrected chi connectivity index (χ0v) is 11.0. The SMILES string of the molecule is CC(NC(=O)c1ccc(O)c(O)c1)c1ccccc1N. The molecule has 1 atom stereocenters. The van der Waals surface area contributed by atoms with Gasteiger partial charge in [-0.2, -0.15) is 0 Å². The summed E-state index contributed by atoms with van der Waals surface area (Å²) in [5.41, 5.74) is 7.55. The predicted octanol–water partition coefficient (Wildman–Crippen LogP) is 2.17. The van der Waals surface area contributed by atoms with Crippen LogP contribution in [0.1, 0.15) is 28.9 Å². The van der Waals surface area contributed by atoms with Crippen LogP contribution in [0.5, 0.6) is 11.5 Å². The van der Waals surface area contributed by atoms with Crippen LogP contribution in [0.15, 0.2) is 42.5 Å². The minimum Gasteiger partial charge on any atom is -0.504 e. The topological polar surface area (TPSA) is 95.6 Å². The molecule has 0 fully saturated rings. The monoisotopic (exact) mass is 272 g/mol. The summed E-state index contributed by atoms with van der Waals surface area (Å²) in [5.74, 6) is -0.942. The van der Waals surface area contributed by atoms with Gasteiger partial charge in [-0.25, -0.2) is 0 Å². The lowest BCUT2D eigenvalue weighted by molar-refractivity contribution is 0.0939. The van der Waals surface area contributed by atoms with E-state index in [0.717, 1.165) is 5.56 Å². The Kier molecular flexibility index (Phi) is 3.79. The summed E-state index contributed by atoms with van der Waals surface area (Å²) in [4.78, 5) is 12.1. The second-order valence-electron chi connectivity index (χ2n) is 4.53. The number of hydrogen-bond donors (Lipinski definition) is 4. The number of rotatable bonds is 3. The highest BCUT2D eigenvalue weighted by molar-refractivity contribution is 5.95. The minimum absolute atomic E-state index is 0.262. The van der Waals surface area contributed by atoms with Gasteiger partial charge in [0.15, 0.2) is 11.5 Å². The Morgan fingerprint density at radius 3 is 2.50 bits per heavy atom. The molecule has 0 aliphatic heterocycles. The molecule has 5 nitrogen and oxygen atoms in total. The number of nitrogen functional groups attached to an aromatic ring is 1. The third-order valence-corrected chi connectivity index (χ3v) is 3.05. The first-order chi connectivity index (χ1) is 9.49. The summed E-state index contributed by atoms with van der Waals surface area (Å²) in [6, 6.07) is 10.9. The van der Waals surface area contributed by atoms with Crippen molar-refractivity contribution in [2.75, 3.05) is 5.73 Å². The number of hydrogen-bond acceptors (Lipinski definition) is 4. The number of nitrogens with two attached hydrogens (primary N) is 1. The van der Waals surface area contributed by atoms with Gasteiger partial charge < -0.3 is 21.3 Å². The molecule has 0 aliphatic rings. The molecule has 20 heavy (non-hydrogen) atoms. The fourth-order valence-corrected chi connectivity index (χ4v) is 1.93. The maximum atomic E-state index is 12.1. The smallest absolute Gasteiger partial charge is 0.251 e. The third kappa shape index (κ3) is 2.83. The zero-order chi connectivity index (χ0) is 14.7. The number of benzene rings is 2. The second-order valence-corrected chi connectivity index (χ2v) is 4.53. The van der Waals surface area contributed by atoms with E-state index < -0.39 is 0 Å². The van der Waals surface area contributed by atoms with Crippen LogP contribution >= 0.6 is 0 Å². The Hall–Kier alpha value is -2.69. The first-order valence-electron chi connectivity index (χ1n) is 6.16. The first-order valence-corrected chi connectivity index (χ1v) is 6.16. The fourth-order valence-electron chi connectivity index (χ4n) is 1.93. The molecule has 104 valence electrons. The lowest BCUT2D eigenvalue weighted by Crippen LogP contribution is -2.27. The Morgan fingerprint density at radius 2 is 1.85 bits per heavy atom. The number of phenolic OH excluding ortho intramolecular Hbond substituents is 2. The van der Waals surface area contributed by atoms with Crippen LogP contribution in [0.4, 0.5) is 5.69 Å². The summed E-state index contributed by atoms with van der Waals surface area (Å²) in [6.45, 7) is 1.82. The van der Waals surface area contributed by atoms with Gasteiger partial charge in [0.2, 0.25) is 0 Å². The number of para-hydroxylation sites is 1. The van der Waals surface area contributed by atoms with Crippen LogP contribution in [0.25, 0.3) is 0 Å². The molecule has 2 aromatic carbocycles. The van der Waals surface area contributed by atoms with Crippen molar-refractivity contribution in [1.82, 2.24) is 5.32 Å². The largest absolute Gasteiger partial charge is 0.504 e. The van der Waals surface area contributed by atoms with Crippen molar-refractivity contribution >= 4 is 11.6 Å². The highest BCUT2D eigenvalue weighted by Crippen LogP contribution is 2.25. The minimum atomic E-state index is -0.351. The molecular formula is C15H16N2O3. The molecule has 2 rings (SSSR count). The van der Waals surface area contributed by atoms with Crippen molar-refractivity contribution in [2.45, 2.75) is 13.0 Å². The number of aromatic hydroxyl groups is 2. The Labute approximate surface area is 116 Å². The van der Waals surface area contributed by atoms with Crippen LogP contribution in [-0.4, -0.2) is 16.1 Å². The molecule has 2 aromatic rings. The third-order valence-electron chi connectivity index (χ3n) is 3.05. The van der Waals surface area contributed by atoms with E-state index in [1.807, 2.05) is 25.1 Å². The van der Waals surface area contributed by atoms with Gasteiger partial charge >= 0.3 is 0 Å². The number of carbonyl (C=O) groups is 1. The van der Waals surface area contributed by atoms with Crippen LogP contribution in [0.3, 0.4) is 0 Å². The van der Waals surface area contributed by atoms with E-state index in [4.69, 9.17) is 5.73 Å². The van der Waals surface area contributed by atoms with Crippen molar-refractivity contribution in [1.29, 1.82) is 0 Å². The molecule has 0 heterocycles. The van der Waals surface area contributed by atoms with Crippen molar-refractivity contribution in [3.8, 4) is 11.5 Å². The quantitative estimate of drug-likeness (QED) is 0.508. The molecule has 1 unspecified atom stereocenters. The van der Waals surface area contributed by atoms with Crippen LogP contribution < -0.4 is 11.1 Å². The normalized spacial score (nSPS) is 11.8. The van der Waals surface area contributed by atoms with E-state index >= 15 is 0 Å². The summed E-state index contributed by atoms with van der Waals surface area (Å²) >= 11 is 0. The molecule has 1 amide bonds. The number of anilines is 1. The van der Waals surface area contributed by atoms with E-state index in [-0.39, 0.29) is 29.0 Å². The van der Waals surface area contributed by atoms with Gasteiger partial charge in [0.05, 0.1) is 6.04 Å². The maximum Gasteiger partial charge on any atom is 0.251 e. The highest BCUT2D eigenvalue weighted by Gasteiger charge is 2.14.